The van der Waals surface area contributed by atoms with Gasteiger partial charge in [-0.15, -0.1) is 11.3 Å². The van der Waals surface area contributed by atoms with Gasteiger partial charge in [-0.3, -0.25) is 4.79 Å². The number of ether oxygens (including phenoxy) is 1. The Morgan fingerprint density at radius 2 is 1.81 bits per heavy atom. The zero-order valence-corrected chi connectivity index (χ0v) is 15.7. The quantitative estimate of drug-likeness (QED) is 0.597. The Labute approximate surface area is 160 Å². The number of carbonyl (C=O) groups is 1. The number of hydrogen-bond donors (Lipinski definition) is 0. The highest BCUT2D eigenvalue weighted by Gasteiger charge is 2.16. The van der Waals surface area contributed by atoms with E-state index in [1.165, 1.54) is 28.4 Å². The summed E-state index contributed by atoms with van der Waals surface area (Å²) in [5.74, 6) is -0.109. The first-order chi connectivity index (χ1) is 12.9. The average Bonchev–Trinajstić information content (AvgIpc) is 3.13. The maximum Gasteiger partial charge on any atom is 0.387 e. The Balaban J connectivity index is 1.66. The molecule has 0 spiro atoms. The highest BCUT2D eigenvalue weighted by molar-refractivity contribution is 7.13. The predicted molar refractivity (Wildman–Crippen MR) is 101 cm³/mol. The van der Waals surface area contributed by atoms with E-state index in [4.69, 9.17) is 0 Å². The second kappa shape index (κ2) is 8.26. The number of benzene rings is 2. The van der Waals surface area contributed by atoms with Gasteiger partial charge in [-0.05, 0) is 24.6 Å². The van der Waals surface area contributed by atoms with Crippen molar-refractivity contribution in [2.24, 2.45) is 0 Å². The topological polar surface area (TPSA) is 42.4 Å². The summed E-state index contributed by atoms with van der Waals surface area (Å²) in [6.45, 7) is -0.500. The molecule has 0 aliphatic rings. The van der Waals surface area contributed by atoms with Crippen LogP contribution in [0.5, 0.6) is 5.75 Å². The van der Waals surface area contributed by atoms with Gasteiger partial charge in [-0.25, -0.2) is 4.98 Å². The van der Waals surface area contributed by atoms with Crippen LogP contribution in [0, 0.1) is 6.92 Å². The number of aromatic nitrogens is 1. The summed E-state index contributed by atoms with van der Waals surface area (Å²) in [6, 6.07) is 14.2. The van der Waals surface area contributed by atoms with Gasteiger partial charge in [0.1, 0.15) is 16.5 Å². The van der Waals surface area contributed by atoms with Crippen molar-refractivity contribution in [1.82, 2.24) is 9.88 Å². The maximum atomic E-state index is 12.6. The Kier molecular flexibility index (Phi) is 5.81. The number of rotatable bonds is 6. The van der Waals surface area contributed by atoms with E-state index in [1.54, 1.807) is 24.6 Å². The number of carbonyl (C=O) groups excluding carboxylic acids is 1. The Morgan fingerprint density at radius 3 is 2.44 bits per heavy atom. The molecule has 2 aromatic carbocycles. The van der Waals surface area contributed by atoms with E-state index in [-0.39, 0.29) is 11.7 Å². The van der Waals surface area contributed by atoms with Crippen molar-refractivity contribution in [3.8, 4) is 16.3 Å². The molecule has 0 aliphatic heterocycles. The van der Waals surface area contributed by atoms with E-state index in [1.807, 2.05) is 31.2 Å². The summed E-state index contributed by atoms with van der Waals surface area (Å²) in [5, 5.41) is 2.54. The summed E-state index contributed by atoms with van der Waals surface area (Å²) in [6.07, 6.45) is 0. The molecule has 4 nitrogen and oxygen atoms in total. The smallest absolute Gasteiger partial charge is 0.387 e. The first kappa shape index (κ1) is 19.0. The van der Waals surface area contributed by atoms with Crippen LogP contribution in [0.15, 0.2) is 53.9 Å². The largest absolute Gasteiger partial charge is 0.435 e. The number of halogens is 2. The molecule has 27 heavy (non-hydrogen) atoms. The molecule has 0 saturated carbocycles. The number of amides is 1. The van der Waals surface area contributed by atoms with Gasteiger partial charge >= 0.3 is 6.61 Å². The number of hydrogen-bond acceptors (Lipinski definition) is 4. The van der Waals surface area contributed by atoms with Crippen molar-refractivity contribution >= 4 is 17.2 Å². The normalized spacial score (nSPS) is 10.9. The van der Waals surface area contributed by atoms with Crippen LogP contribution in [-0.4, -0.2) is 29.5 Å². The molecule has 1 heterocycles. The van der Waals surface area contributed by atoms with Crippen molar-refractivity contribution < 1.29 is 18.3 Å². The lowest BCUT2D eigenvalue weighted by molar-refractivity contribution is -0.0498. The molecule has 0 aliphatic carbocycles. The van der Waals surface area contributed by atoms with E-state index in [0.717, 1.165) is 21.7 Å². The monoisotopic (exact) mass is 388 g/mol. The predicted octanol–water partition coefficient (Wildman–Crippen LogP) is 4.99. The number of aryl methyl sites for hydroxylation is 1. The minimum absolute atomic E-state index is 0.0879. The number of thiazole rings is 1. The van der Waals surface area contributed by atoms with Gasteiger partial charge in [0.15, 0.2) is 0 Å². The molecular weight excluding hydrogens is 370 g/mol. The van der Waals surface area contributed by atoms with Crippen molar-refractivity contribution in [1.29, 1.82) is 0 Å². The van der Waals surface area contributed by atoms with Crippen LogP contribution in [0.3, 0.4) is 0 Å². The summed E-state index contributed by atoms with van der Waals surface area (Å²) >= 11 is 1.42. The van der Waals surface area contributed by atoms with Gasteiger partial charge in [0.2, 0.25) is 0 Å². The number of nitrogens with zero attached hydrogens (tertiary/aromatic N) is 2. The van der Waals surface area contributed by atoms with Gasteiger partial charge in [0, 0.05) is 24.5 Å². The van der Waals surface area contributed by atoms with Gasteiger partial charge < -0.3 is 9.64 Å². The zero-order chi connectivity index (χ0) is 19.4. The first-order valence-corrected chi connectivity index (χ1v) is 9.12. The van der Waals surface area contributed by atoms with E-state index >= 15 is 0 Å². The van der Waals surface area contributed by atoms with Crippen LogP contribution in [0.25, 0.3) is 10.6 Å². The van der Waals surface area contributed by atoms with Crippen LogP contribution >= 0.6 is 11.3 Å². The van der Waals surface area contributed by atoms with E-state index in [0.29, 0.717) is 12.2 Å². The molecule has 3 rings (SSSR count). The first-order valence-electron chi connectivity index (χ1n) is 8.24. The zero-order valence-electron chi connectivity index (χ0n) is 14.9. The van der Waals surface area contributed by atoms with Gasteiger partial charge in [-0.1, -0.05) is 42.0 Å². The Hall–Kier alpha value is -2.80. The molecule has 0 saturated heterocycles. The van der Waals surface area contributed by atoms with Crippen molar-refractivity contribution in [2.45, 2.75) is 20.1 Å². The van der Waals surface area contributed by atoms with Crippen molar-refractivity contribution in [3.63, 3.8) is 0 Å². The molecule has 140 valence electrons. The molecule has 7 heteroatoms. The van der Waals surface area contributed by atoms with Gasteiger partial charge in [-0.2, -0.15) is 8.78 Å². The third kappa shape index (κ3) is 4.89. The molecule has 0 bridgehead atoms. The molecule has 0 fully saturated rings. The molecular formula is C20H18F2N2O2S. The van der Waals surface area contributed by atoms with E-state index < -0.39 is 6.61 Å². The van der Waals surface area contributed by atoms with Gasteiger partial charge in [0.25, 0.3) is 5.91 Å². The van der Waals surface area contributed by atoms with Crippen LogP contribution in [0.1, 0.15) is 21.6 Å². The second-order valence-corrected chi connectivity index (χ2v) is 6.95. The minimum Gasteiger partial charge on any atom is -0.435 e. The lowest BCUT2D eigenvalue weighted by Crippen LogP contribution is -2.26. The van der Waals surface area contributed by atoms with Crippen LogP contribution in [-0.2, 0) is 6.54 Å². The third-order valence-corrected chi connectivity index (χ3v) is 4.83. The Morgan fingerprint density at radius 1 is 1.15 bits per heavy atom. The molecule has 0 radical (unpaired) electrons. The number of alkyl halides is 2. The van der Waals surface area contributed by atoms with Crippen LogP contribution in [0.4, 0.5) is 8.78 Å². The summed E-state index contributed by atoms with van der Waals surface area (Å²) in [4.78, 5) is 18.6. The molecule has 3 aromatic rings. The fourth-order valence-corrected chi connectivity index (χ4v) is 3.32. The molecule has 0 atom stereocenters. The molecule has 0 N–H and O–H groups in total. The van der Waals surface area contributed by atoms with Crippen LogP contribution in [0.2, 0.25) is 0 Å². The SMILES string of the molecule is Cc1ccc(-c2nc(C(=O)N(C)Cc3ccc(OC(F)F)cc3)cs2)cc1. The molecule has 1 amide bonds. The van der Waals surface area contributed by atoms with Crippen LogP contribution < -0.4 is 4.74 Å². The maximum absolute atomic E-state index is 12.6. The highest BCUT2D eigenvalue weighted by atomic mass is 32.1. The second-order valence-electron chi connectivity index (χ2n) is 6.09. The average molecular weight is 388 g/mol. The van der Waals surface area contributed by atoms with E-state index in [2.05, 4.69) is 9.72 Å². The standard InChI is InChI=1S/C20H18F2N2O2S/c1-13-3-7-15(8-4-13)18-23-17(12-27-18)19(25)24(2)11-14-5-9-16(10-6-14)26-20(21)22/h3-10,12,20H,11H2,1-2H3. The van der Waals surface area contributed by atoms with Gasteiger partial charge in [0.05, 0.1) is 0 Å². The lowest BCUT2D eigenvalue weighted by Gasteiger charge is -2.16. The highest BCUT2D eigenvalue weighted by Crippen LogP contribution is 2.25. The lowest BCUT2D eigenvalue weighted by atomic mass is 10.2. The minimum atomic E-state index is -2.85. The molecule has 1 aromatic heterocycles. The van der Waals surface area contributed by atoms with E-state index in [9.17, 15) is 13.6 Å². The van der Waals surface area contributed by atoms with Crippen molar-refractivity contribution in [3.05, 3.63) is 70.7 Å². The van der Waals surface area contributed by atoms with Crippen molar-refractivity contribution in [2.75, 3.05) is 7.05 Å². The molecule has 0 unspecified atom stereocenters. The summed E-state index contributed by atoms with van der Waals surface area (Å²) in [7, 11) is 1.68. The third-order valence-electron chi connectivity index (χ3n) is 3.94. The summed E-state index contributed by atoms with van der Waals surface area (Å²) in [5.41, 5.74) is 3.33. The fraction of sp³-hybridized carbons (Fsp3) is 0.200. The fourth-order valence-electron chi connectivity index (χ4n) is 2.52. The Bertz CT molecular complexity index is 908. The summed E-state index contributed by atoms with van der Waals surface area (Å²) < 4.78 is 28.7.